The number of aliphatic hydroxyl groups excluding tert-OH is 1. The Hall–Kier alpha value is -0.770. The van der Waals surface area contributed by atoms with Gasteiger partial charge in [0.25, 0.3) is 0 Å². The molecule has 0 atom stereocenters. The Labute approximate surface area is 96.9 Å². The highest BCUT2D eigenvalue weighted by molar-refractivity contribution is 6.36. The van der Waals surface area contributed by atoms with E-state index in [2.05, 4.69) is 0 Å². The van der Waals surface area contributed by atoms with E-state index < -0.39 is 5.82 Å². The van der Waals surface area contributed by atoms with Crippen LogP contribution in [0.25, 0.3) is 0 Å². The van der Waals surface area contributed by atoms with Gasteiger partial charge in [-0.05, 0) is 17.7 Å². The van der Waals surface area contributed by atoms with Crippen LogP contribution in [-0.2, 0) is 6.61 Å². The molecule has 0 aromatic heterocycles. The number of hydrogen-bond acceptors (Lipinski definition) is 2. The molecule has 1 aromatic carbocycles. The van der Waals surface area contributed by atoms with Crippen molar-refractivity contribution in [3.63, 3.8) is 0 Å². The first-order chi connectivity index (χ1) is 7.15. The smallest absolute Gasteiger partial charge is 0.127 e. The first-order valence-electron chi connectivity index (χ1n) is 4.13. The fourth-order valence-electron chi connectivity index (χ4n) is 0.979. The second-order valence-electron chi connectivity index (χ2n) is 2.80. The van der Waals surface area contributed by atoms with Gasteiger partial charge in [-0.25, -0.2) is 4.39 Å². The van der Waals surface area contributed by atoms with Gasteiger partial charge in [-0.15, -0.1) is 0 Å². The minimum atomic E-state index is -0.470. The maximum absolute atomic E-state index is 13.0. The fourth-order valence-corrected chi connectivity index (χ4v) is 1.10. The highest BCUT2D eigenvalue weighted by atomic mass is 35.5. The Kier molecular flexibility index (Phi) is 4.88. The van der Waals surface area contributed by atoms with Crippen LogP contribution in [0, 0.1) is 5.82 Å². The zero-order chi connectivity index (χ0) is 11.3. The first-order valence-corrected chi connectivity index (χ1v) is 4.95. The Morgan fingerprint density at radius 1 is 1.47 bits per heavy atom. The zero-order valence-corrected chi connectivity index (χ0v) is 9.22. The van der Waals surface area contributed by atoms with E-state index in [1.54, 1.807) is 0 Å². The largest absolute Gasteiger partial charge is 0.488 e. The molecule has 0 unspecified atom stereocenters. The number of aliphatic hydroxyl groups is 1. The van der Waals surface area contributed by atoms with Crippen molar-refractivity contribution >= 4 is 23.2 Å². The van der Waals surface area contributed by atoms with E-state index in [0.29, 0.717) is 16.3 Å². The van der Waals surface area contributed by atoms with Gasteiger partial charge in [0.2, 0.25) is 0 Å². The van der Waals surface area contributed by atoms with Crippen LogP contribution in [0.15, 0.2) is 28.8 Å². The predicted octanol–water partition coefficient (Wildman–Crippen LogP) is 3.02. The molecule has 0 spiro atoms. The van der Waals surface area contributed by atoms with Crippen molar-refractivity contribution in [3.8, 4) is 5.75 Å². The van der Waals surface area contributed by atoms with Gasteiger partial charge in [-0.3, -0.25) is 0 Å². The van der Waals surface area contributed by atoms with Crippen LogP contribution < -0.4 is 4.74 Å². The molecule has 0 aliphatic rings. The van der Waals surface area contributed by atoms with Crippen molar-refractivity contribution in [2.45, 2.75) is 6.61 Å². The van der Waals surface area contributed by atoms with Crippen molar-refractivity contribution in [2.75, 3.05) is 6.61 Å². The number of ether oxygens (including phenoxy) is 1. The SMILES string of the molecule is OCc1cc(F)cc(OC/C(Cl)=C/Cl)c1. The number of halogens is 3. The standard InChI is InChI=1S/C10H9Cl2FO2/c11-4-8(12)6-15-10-2-7(5-14)1-9(13)3-10/h1-4,14H,5-6H2/b8-4-. The third-order valence-corrected chi connectivity index (χ3v) is 2.20. The molecule has 0 bridgehead atoms. The summed E-state index contributed by atoms with van der Waals surface area (Å²) in [5.74, 6) is -0.168. The monoisotopic (exact) mass is 250 g/mol. The molecule has 0 amide bonds. The summed E-state index contributed by atoms with van der Waals surface area (Å²) in [5.41, 5.74) is 1.62. The average Bonchev–Trinajstić information content (AvgIpc) is 2.25. The van der Waals surface area contributed by atoms with Crippen LogP contribution in [0.1, 0.15) is 5.56 Å². The molecule has 0 radical (unpaired) electrons. The molecule has 0 aliphatic heterocycles. The summed E-state index contributed by atoms with van der Waals surface area (Å²) in [6.07, 6.45) is 0. The summed E-state index contributed by atoms with van der Waals surface area (Å²) in [5, 5.41) is 9.14. The maximum atomic E-state index is 13.0. The van der Waals surface area contributed by atoms with Crippen LogP contribution in [0.2, 0.25) is 0 Å². The number of hydrogen-bond donors (Lipinski definition) is 1. The highest BCUT2D eigenvalue weighted by Gasteiger charge is 2.02. The normalized spacial score (nSPS) is 11.6. The molecule has 1 aromatic rings. The molecule has 2 nitrogen and oxygen atoms in total. The summed E-state index contributed by atoms with van der Waals surface area (Å²) in [7, 11) is 0. The molecular weight excluding hydrogens is 242 g/mol. The van der Waals surface area contributed by atoms with Gasteiger partial charge in [-0.2, -0.15) is 0 Å². The molecule has 5 heteroatoms. The second-order valence-corrected chi connectivity index (χ2v) is 3.50. The Bertz CT molecular complexity index is 366. The number of benzene rings is 1. The van der Waals surface area contributed by atoms with E-state index in [9.17, 15) is 4.39 Å². The van der Waals surface area contributed by atoms with Gasteiger partial charge in [0.15, 0.2) is 0 Å². The fraction of sp³-hybridized carbons (Fsp3) is 0.200. The molecule has 1 N–H and O–H groups in total. The number of rotatable bonds is 4. The lowest BCUT2D eigenvalue weighted by atomic mass is 10.2. The van der Waals surface area contributed by atoms with E-state index >= 15 is 0 Å². The van der Waals surface area contributed by atoms with Gasteiger partial charge in [0.1, 0.15) is 18.2 Å². The van der Waals surface area contributed by atoms with Crippen LogP contribution >= 0.6 is 23.2 Å². The van der Waals surface area contributed by atoms with Gasteiger partial charge < -0.3 is 9.84 Å². The third kappa shape index (κ3) is 4.08. The molecule has 82 valence electrons. The summed E-state index contributed by atoms with van der Waals surface area (Å²) in [6.45, 7) is -0.174. The molecule has 0 heterocycles. The maximum Gasteiger partial charge on any atom is 0.127 e. The van der Waals surface area contributed by atoms with Crippen molar-refractivity contribution in [1.82, 2.24) is 0 Å². The molecule has 0 saturated heterocycles. The van der Waals surface area contributed by atoms with E-state index in [4.69, 9.17) is 33.0 Å². The summed E-state index contributed by atoms with van der Waals surface area (Å²) in [6, 6.07) is 3.96. The predicted molar refractivity (Wildman–Crippen MR) is 57.6 cm³/mol. The van der Waals surface area contributed by atoms with Gasteiger partial charge >= 0.3 is 0 Å². The van der Waals surface area contributed by atoms with Gasteiger partial charge in [0.05, 0.1) is 11.6 Å². The van der Waals surface area contributed by atoms with Crippen molar-refractivity contribution in [3.05, 3.63) is 40.1 Å². The van der Waals surface area contributed by atoms with Crippen LogP contribution in [0.5, 0.6) is 5.75 Å². The Morgan fingerprint density at radius 2 is 2.20 bits per heavy atom. The summed E-state index contributed by atoms with van der Waals surface area (Å²) < 4.78 is 18.1. The first kappa shape index (κ1) is 12.3. The zero-order valence-electron chi connectivity index (χ0n) is 7.71. The Balaban J connectivity index is 2.72. The molecule has 0 saturated carbocycles. The molecule has 15 heavy (non-hydrogen) atoms. The minimum absolute atomic E-state index is 0.0688. The molecule has 0 fully saturated rings. The molecule has 0 aliphatic carbocycles. The van der Waals surface area contributed by atoms with Gasteiger partial charge in [-0.1, -0.05) is 23.2 Å². The highest BCUT2D eigenvalue weighted by Crippen LogP contribution is 2.17. The van der Waals surface area contributed by atoms with E-state index in [1.807, 2.05) is 0 Å². The lowest BCUT2D eigenvalue weighted by molar-refractivity contribution is 0.279. The van der Waals surface area contributed by atoms with Crippen LogP contribution in [0.4, 0.5) is 4.39 Å². The van der Waals surface area contributed by atoms with Gasteiger partial charge in [0, 0.05) is 11.6 Å². The average molecular weight is 251 g/mol. The van der Waals surface area contributed by atoms with E-state index in [0.717, 1.165) is 0 Å². The molecular formula is C10H9Cl2FO2. The Morgan fingerprint density at radius 3 is 2.80 bits per heavy atom. The lowest BCUT2D eigenvalue weighted by Gasteiger charge is -2.06. The van der Waals surface area contributed by atoms with Crippen molar-refractivity contribution in [2.24, 2.45) is 0 Å². The lowest BCUT2D eigenvalue weighted by Crippen LogP contribution is -1.98. The van der Waals surface area contributed by atoms with Crippen LogP contribution in [0.3, 0.4) is 0 Å². The summed E-state index contributed by atoms with van der Waals surface area (Å²) in [4.78, 5) is 0. The van der Waals surface area contributed by atoms with E-state index in [1.165, 1.54) is 23.7 Å². The second kappa shape index (κ2) is 5.95. The minimum Gasteiger partial charge on any atom is -0.488 e. The quantitative estimate of drug-likeness (QED) is 0.891. The molecule has 1 rings (SSSR count). The summed E-state index contributed by atoms with van der Waals surface area (Å²) >= 11 is 10.9. The topological polar surface area (TPSA) is 29.5 Å². The van der Waals surface area contributed by atoms with Crippen molar-refractivity contribution < 1.29 is 14.2 Å². The van der Waals surface area contributed by atoms with E-state index in [-0.39, 0.29) is 13.2 Å². The van der Waals surface area contributed by atoms with Crippen LogP contribution in [-0.4, -0.2) is 11.7 Å². The third-order valence-electron chi connectivity index (χ3n) is 1.61. The van der Waals surface area contributed by atoms with Crippen molar-refractivity contribution in [1.29, 1.82) is 0 Å².